The second-order valence-corrected chi connectivity index (χ2v) is 5.71. The summed E-state index contributed by atoms with van der Waals surface area (Å²) in [5.41, 5.74) is 0.561. The Kier molecular flexibility index (Phi) is 7.18. The first-order valence-electron chi connectivity index (χ1n) is 7.80. The van der Waals surface area contributed by atoms with Gasteiger partial charge in [-0.25, -0.2) is 14.4 Å². The Morgan fingerprint density at radius 2 is 1.78 bits per heavy atom. The third-order valence-electron chi connectivity index (χ3n) is 3.41. The van der Waals surface area contributed by atoms with E-state index >= 15 is 0 Å². The summed E-state index contributed by atoms with van der Waals surface area (Å²) in [4.78, 5) is 42.8. The maximum atomic E-state index is 13.1. The fourth-order valence-corrected chi connectivity index (χ4v) is 2.20. The van der Waals surface area contributed by atoms with Crippen LogP contribution in [-0.2, 0) is 16.1 Å². The van der Waals surface area contributed by atoms with Crippen LogP contribution in [0.3, 0.4) is 0 Å². The molecule has 10 heteroatoms. The molecule has 27 heavy (non-hydrogen) atoms. The lowest BCUT2D eigenvalue weighted by Gasteiger charge is -2.07. The van der Waals surface area contributed by atoms with Crippen LogP contribution < -0.4 is 10.6 Å². The van der Waals surface area contributed by atoms with E-state index in [0.29, 0.717) is 5.56 Å². The highest BCUT2D eigenvalue weighted by Crippen LogP contribution is 2.15. The summed E-state index contributed by atoms with van der Waals surface area (Å²) in [5, 5.41) is 5.03. The Labute approximate surface area is 159 Å². The molecular weight excluding hydrogens is 379 g/mol. The van der Waals surface area contributed by atoms with E-state index in [0.717, 1.165) is 6.33 Å². The van der Waals surface area contributed by atoms with Gasteiger partial charge in [-0.15, -0.1) is 0 Å². The van der Waals surface area contributed by atoms with E-state index in [1.807, 2.05) is 0 Å². The van der Waals surface area contributed by atoms with Crippen LogP contribution in [0.15, 0.2) is 30.6 Å². The molecule has 0 saturated heterocycles. The number of esters is 1. The summed E-state index contributed by atoms with van der Waals surface area (Å²) in [5.74, 6) is -2.11. The van der Waals surface area contributed by atoms with Crippen molar-refractivity contribution in [1.82, 2.24) is 20.6 Å². The summed E-state index contributed by atoms with van der Waals surface area (Å²) in [6.07, 6.45) is 1.10. The molecule has 2 rings (SSSR count). The molecule has 1 aromatic carbocycles. The molecule has 2 N–H and O–H groups in total. The Balaban J connectivity index is 1.94. The summed E-state index contributed by atoms with van der Waals surface area (Å²) >= 11 is 5.69. The molecule has 0 fully saturated rings. The van der Waals surface area contributed by atoms with Gasteiger partial charge < -0.3 is 15.4 Å². The minimum atomic E-state index is -0.555. The number of amides is 2. The Morgan fingerprint density at radius 3 is 2.41 bits per heavy atom. The van der Waals surface area contributed by atoms with Crippen LogP contribution in [0, 0.1) is 5.82 Å². The van der Waals surface area contributed by atoms with Gasteiger partial charge in [-0.3, -0.25) is 14.4 Å². The normalized spacial score (nSPS) is 10.2. The quantitative estimate of drug-likeness (QED) is 0.688. The van der Waals surface area contributed by atoms with Crippen molar-refractivity contribution >= 4 is 29.4 Å². The Bertz CT molecular complexity index is 863. The van der Waals surface area contributed by atoms with Crippen LogP contribution in [0.2, 0.25) is 5.02 Å². The Hall–Kier alpha value is -3.07. The third kappa shape index (κ3) is 6.00. The monoisotopic (exact) mass is 394 g/mol. The smallest absolute Gasteiger partial charge is 0.307 e. The number of carbonyl (C=O) groups is 3. The second-order valence-electron chi connectivity index (χ2n) is 5.30. The molecule has 0 saturated carbocycles. The van der Waals surface area contributed by atoms with Gasteiger partial charge in [0.05, 0.1) is 18.6 Å². The third-order valence-corrected chi connectivity index (χ3v) is 3.70. The van der Waals surface area contributed by atoms with Gasteiger partial charge in [-0.1, -0.05) is 17.7 Å². The van der Waals surface area contributed by atoms with Gasteiger partial charge in [-0.05, 0) is 17.7 Å². The number of rotatable bonds is 7. The predicted molar refractivity (Wildman–Crippen MR) is 93.6 cm³/mol. The van der Waals surface area contributed by atoms with E-state index in [9.17, 15) is 18.8 Å². The first-order chi connectivity index (χ1) is 12.9. The molecule has 2 aromatic rings. The number of nitrogens with one attached hydrogen (secondary N) is 2. The zero-order valence-corrected chi connectivity index (χ0v) is 15.0. The lowest BCUT2D eigenvalue weighted by molar-refractivity contribution is -0.140. The first kappa shape index (κ1) is 20.2. The number of nitrogens with zero attached hydrogens (tertiary/aromatic N) is 2. The number of carbonyl (C=O) groups excluding carboxylic acids is 3. The molecule has 0 spiro atoms. The standard InChI is InChI=1S/C17H16ClFN4O4/c1-27-15(24)4-5-20-16(25)13-7-14(23-9-22-13)17(26)21-8-10-2-3-12(19)11(18)6-10/h2-3,6-7,9H,4-5,8H2,1H3,(H,20,25)(H,21,26). The van der Waals surface area contributed by atoms with Crippen molar-refractivity contribution in [1.29, 1.82) is 0 Å². The zero-order chi connectivity index (χ0) is 19.8. The zero-order valence-electron chi connectivity index (χ0n) is 14.3. The van der Waals surface area contributed by atoms with Crippen molar-refractivity contribution < 1.29 is 23.5 Å². The summed E-state index contributed by atoms with van der Waals surface area (Å²) in [6, 6.07) is 5.31. The van der Waals surface area contributed by atoms with Crippen molar-refractivity contribution in [2.45, 2.75) is 13.0 Å². The number of hydrogen-bond donors (Lipinski definition) is 2. The molecule has 0 aliphatic heterocycles. The van der Waals surface area contributed by atoms with Gasteiger partial charge >= 0.3 is 5.97 Å². The van der Waals surface area contributed by atoms with Crippen LogP contribution in [0.25, 0.3) is 0 Å². The average molecular weight is 395 g/mol. The van der Waals surface area contributed by atoms with Gasteiger partial charge in [0.15, 0.2) is 0 Å². The molecule has 0 bridgehead atoms. The lowest BCUT2D eigenvalue weighted by Crippen LogP contribution is -2.28. The molecule has 142 valence electrons. The summed E-state index contributed by atoms with van der Waals surface area (Å²) < 4.78 is 17.6. The van der Waals surface area contributed by atoms with Gasteiger partial charge in [0.25, 0.3) is 11.8 Å². The fourth-order valence-electron chi connectivity index (χ4n) is 2.00. The molecule has 1 aromatic heterocycles. The van der Waals surface area contributed by atoms with Crippen LogP contribution in [0.4, 0.5) is 4.39 Å². The van der Waals surface area contributed by atoms with E-state index in [1.165, 1.54) is 31.4 Å². The van der Waals surface area contributed by atoms with Crippen LogP contribution >= 0.6 is 11.6 Å². The highest BCUT2D eigenvalue weighted by molar-refractivity contribution is 6.30. The fraction of sp³-hybridized carbons (Fsp3) is 0.235. The van der Waals surface area contributed by atoms with Gasteiger partial charge in [0, 0.05) is 19.2 Å². The molecule has 1 heterocycles. The molecule has 0 aliphatic rings. The number of ether oxygens (including phenoxy) is 1. The van der Waals surface area contributed by atoms with Crippen molar-refractivity contribution in [2.75, 3.05) is 13.7 Å². The van der Waals surface area contributed by atoms with Crippen molar-refractivity contribution in [3.05, 3.63) is 58.4 Å². The van der Waals surface area contributed by atoms with Crippen molar-refractivity contribution in [3.63, 3.8) is 0 Å². The van der Waals surface area contributed by atoms with Gasteiger partial charge in [0.1, 0.15) is 23.5 Å². The van der Waals surface area contributed by atoms with Gasteiger partial charge in [0.2, 0.25) is 0 Å². The Morgan fingerprint density at radius 1 is 1.11 bits per heavy atom. The minimum absolute atomic E-state index is 0.0148. The maximum Gasteiger partial charge on any atom is 0.307 e. The van der Waals surface area contributed by atoms with E-state index < -0.39 is 23.6 Å². The molecule has 0 unspecified atom stereocenters. The molecule has 0 atom stereocenters. The van der Waals surface area contributed by atoms with E-state index in [2.05, 4.69) is 25.3 Å². The number of benzene rings is 1. The van der Waals surface area contributed by atoms with Gasteiger partial charge in [-0.2, -0.15) is 0 Å². The van der Waals surface area contributed by atoms with Crippen LogP contribution in [0.5, 0.6) is 0 Å². The molecular formula is C17H16ClFN4O4. The van der Waals surface area contributed by atoms with Crippen molar-refractivity contribution in [2.24, 2.45) is 0 Å². The maximum absolute atomic E-state index is 13.1. The average Bonchev–Trinajstić information content (AvgIpc) is 2.68. The van der Waals surface area contributed by atoms with Crippen molar-refractivity contribution in [3.8, 4) is 0 Å². The molecule has 0 aliphatic carbocycles. The van der Waals surface area contributed by atoms with E-state index in [-0.39, 0.29) is 35.9 Å². The molecule has 8 nitrogen and oxygen atoms in total. The second kappa shape index (κ2) is 9.58. The molecule has 0 radical (unpaired) electrons. The highest BCUT2D eigenvalue weighted by atomic mass is 35.5. The number of aromatic nitrogens is 2. The SMILES string of the molecule is COC(=O)CCNC(=O)c1cc(C(=O)NCc2ccc(F)c(Cl)c2)ncn1. The molecule has 2 amide bonds. The van der Waals surface area contributed by atoms with Crippen LogP contribution in [-0.4, -0.2) is 41.4 Å². The predicted octanol–water partition coefficient (Wildman–Crippen LogP) is 1.49. The van der Waals surface area contributed by atoms with E-state index in [4.69, 9.17) is 11.6 Å². The topological polar surface area (TPSA) is 110 Å². The lowest BCUT2D eigenvalue weighted by atomic mass is 10.2. The number of halogens is 2. The largest absolute Gasteiger partial charge is 0.469 e. The highest BCUT2D eigenvalue weighted by Gasteiger charge is 2.13. The summed E-state index contributed by atoms with van der Waals surface area (Å²) in [7, 11) is 1.25. The summed E-state index contributed by atoms with van der Waals surface area (Å²) in [6.45, 7) is 0.172. The minimum Gasteiger partial charge on any atom is -0.469 e. The first-order valence-corrected chi connectivity index (χ1v) is 8.17. The van der Waals surface area contributed by atoms with E-state index in [1.54, 1.807) is 0 Å². The number of methoxy groups -OCH3 is 1. The number of hydrogen-bond acceptors (Lipinski definition) is 6. The van der Waals surface area contributed by atoms with Crippen LogP contribution in [0.1, 0.15) is 33.0 Å².